The maximum atomic E-state index is 12.6. The van der Waals surface area contributed by atoms with Gasteiger partial charge in [-0.25, -0.2) is 8.42 Å². The molecule has 1 saturated heterocycles. The van der Waals surface area contributed by atoms with E-state index in [0.717, 1.165) is 23.3 Å². The van der Waals surface area contributed by atoms with Gasteiger partial charge in [0.15, 0.2) is 0 Å². The Bertz CT molecular complexity index is 1090. The van der Waals surface area contributed by atoms with Crippen LogP contribution in [0.4, 0.5) is 5.69 Å². The van der Waals surface area contributed by atoms with Crippen molar-refractivity contribution in [1.82, 2.24) is 9.62 Å². The summed E-state index contributed by atoms with van der Waals surface area (Å²) in [6.07, 6.45) is 1.80. The van der Waals surface area contributed by atoms with Crippen molar-refractivity contribution in [2.75, 3.05) is 25.0 Å². The number of sulfonamides is 1. The third kappa shape index (κ3) is 5.22. The molecular weight excluding hydrogens is 430 g/mol. The van der Waals surface area contributed by atoms with Crippen molar-refractivity contribution in [3.8, 4) is 0 Å². The second kappa shape index (κ2) is 9.74. The van der Waals surface area contributed by atoms with Gasteiger partial charge in [-0.1, -0.05) is 36.4 Å². The molecule has 3 aromatic rings. The first-order valence-corrected chi connectivity index (χ1v) is 12.6. The molecular formula is C23H25N3O3S2. The number of hydrogen-bond donors (Lipinski definition) is 2. The molecule has 31 heavy (non-hydrogen) atoms. The molecule has 1 amide bonds. The number of hydrogen-bond acceptors (Lipinski definition) is 5. The van der Waals surface area contributed by atoms with E-state index in [4.69, 9.17) is 0 Å². The molecule has 6 nitrogen and oxygen atoms in total. The lowest BCUT2D eigenvalue weighted by Gasteiger charge is -2.18. The highest BCUT2D eigenvalue weighted by atomic mass is 32.2. The van der Waals surface area contributed by atoms with Gasteiger partial charge in [0.05, 0.1) is 17.5 Å². The molecule has 1 aromatic heterocycles. The van der Waals surface area contributed by atoms with E-state index in [2.05, 4.69) is 10.6 Å². The topological polar surface area (TPSA) is 78.5 Å². The lowest BCUT2D eigenvalue weighted by atomic mass is 10.1. The summed E-state index contributed by atoms with van der Waals surface area (Å²) in [5.74, 6) is -0.187. The summed E-state index contributed by atoms with van der Waals surface area (Å²) in [4.78, 5) is 13.9. The van der Waals surface area contributed by atoms with Gasteiger partial charge in [0.1, 0.15) is 0 Å². The van der Waals surface area contributed by atoms with Crippen LogP contribution in [0.25, 0.3) is 0 Å². The molecule has 4 rings (SSSR count). The number of amides is 1. The monoisotopic (exact) mass is 455 g/mol. The third-order valence-corrected chi connectivity index (χ3v) is 8.12. The van der Waals surface area contributed by atoms with E-state index in [0.29, 0.717) is 18.8 Å². The molecule has 1 aliphatic rings. The standard InChI is InChI=1S/C23H25N3O3S2/c27-22(17-24-23(21-9-6-16-30-21)18-7-2-1-3-8-18)25-19-10-12-20(13-11-19)31(28,29)26-14-4-5-15-26/h1-3,6-13,16,23-24H,4-5,14-15,17H2,(H,25,27). The summed E-state index contributed by atoms with van der Waals surface area (Å²) in [5, 5.41) is 8.18. The molecule has 2 N–H and O–H groups in total. The molecule has 2 heterocycles. The SMILES string of the molecule is O=C(CNC(c1ccccc1)c1cccs1)Nc1ccc(S(=O)(=O)N2CCCC2)cc1. The Hall–Kier alpha value is -2.52. The minimum Gasteiger partial charge on any atom is -0.325 e. The Morgan fingerprint density at radius 3 is 2.32 bits per heavy atom. The van der Waals surface area contributed by atoms with E-state index >= 15 is 0 Å². The van der Waals surface area contributed by atoms with Gasteiger partial charge < -0.3 is 5.32 Å². The highest BCUT2D eigenvalue weighted by Crippen LogP contribution is 2.26. The summed E-state index contributed by atoms with van der Waals surface area (Å²) in [6, 6.07) is 20.3. The minimum atomic E-state index is -3.45. The van der Waals surface area contributed by atoms with Crippen molar-refractivity contribution >= 4 is 33.0 Å². The highest BCUT2D eigenvalue weighted by molar-refractivity contribution is 7.89. The molecule has 162 valence electrons. The summed E-state index contributed by atoms with van der Waals surface area (Å²) < 4.78 is 26.8. The van der Waals surface area contributed by atoms with Gasteiger partial charge in [0, 0.05) is 23.7 Å². The average molecular weight is 456 g/mol. The zero-order valence-corrected chi connectivity index (χ0v) is 18.7. The largest absolute Gasteiger partial charge is 0.325 e. The van der Waals surface area contributed by atoms with Crippen LogP contribution in [0.5, 0.6) is 0 Å². The first kappa shape index (κ1) is 21.7. The second-order valence-corrected chi connectivity index (χ2v) is 10.3. The summed E-state index contributed by atoms with van der Waals surface area (Å²) >= 11 is 1.64. The predicted octanol–water partition coefficient (Wildman–Crippen LogP) is 3.85. The van der Waals surface area contributed by atoms with Crippen LogP contribution in [0.2, 0.25) is 0 Å². The Morgan fingerprint density at radius 1 is 0.968 bits per heavy atom. The lowest BCUT2D eigenvalue weighted by molar-refractivity contribution is -0.115. The molecule has 0 aliphatic carbocycles. The van der Waals surface area contributed by atoms with E-state index < -0.39 is 10.0 Å². The molecule has 1 atom stereocenters. The van der Waals surface area contributed by atoms with Crippen LogP contribution in [-0.4, -0.2) is 38.3 Å². The quantitative estimate of drug-likeness (QED) is 0.541. The lowest BCUT2D eigenvalue weighted by Crippen LogP contribution is -2.31. The normalized spacial score (nSPS) is 15.6. The van der Waals surface area contributed by atoms with Crippen molar-refractivity contribution in [2.45, 2.75) is 23.8 Å². The number of rotatable bonds is 8. The molecule has 2 aromatic carbocycles. The van der Waals surface area contributed by atoms with Crippen molar-refractivity contribution in [3.05, 3.63) is 82.6 Å². The van der Waals surface area contributed by atoms with Crippen LogP contribution in [0.3, 0.4) is 0 Å². The van der Waals surface area contributed by atoms with Crippen molar-refractivity contribution in [2.24, 2.45) is 0 Å². The van der Waals surface area contributed by atoms with Crippen LogP contribution in [-0.2, 0) is 14.8 Å². The molecule has 0 bridgehead atoms. The fourth-order valence-corrected chi connectivity index (χ4v) is 6.02. The van der Waals surface area contributed by atoms with E-state index in [9.17, 15) is 13.2 Å². The maximum Gasteiger partial charge on any atom is 0.243 e. The van der Waals surface area contributed by atoms with Crippen LogP contribution in [0.15, 0.2) is 77.0 Å². The van der Waals surface area contributed by atoms with E-state index in [1.807, 2.05) is 47.8 Å². The van der Waals surface area contributed by atoms with Gasteiger partial charge in [-0.05, 0) is 54.1 Å². The van der Waals surface area contributed by atoms with Crippen LogP contribution >= 0.6 is 11.3 Å². The number of nitrogens with zero attached hydrogens (tertiary/aromatic N) is 1. The zero-order chi connectivity index (χ0) is 21.7. The summed E-state index contributed by atoms with van der Waals surface area (Å²) in [5.41, 5.74) is 1.66. The predicted molar refractivity (Wildman–Crippen MR) is 124 cm³/mol. The van der Waals surface area contributed by atoms with Crippen molar-refractivity contribution in [1.29, 1.82) is 0 Å². The number of benzene rings is 2. The van der Waals surface area contributed by atoms with Crippen LogP contribution < -0.4 is 10.6 Å². The number of carbonyl (C=O) groups is 1. The van der Waals surface area contributed by atoms with Gasteiger partial charge in [0.25, 0.3) is 0 Å². The Morgan fingerprint density at radius 2 is 1.68 bits per heavy atom. The maximum absolute atomic E-state index is 12.6. The van der Waals surface area contributed by atoms with Gasteiger partial charge in [0.2, 0.25) is 15.9 Å². The van der Waals surface area contributed by atoms with Crippen LogP contribution in [0.1, 0.15) is 29.3 Å². The van der Waals surface area contributed by atoms with E-state index in [1.165, 1.54) is 4.31 Å². The van der Waals surface area contributed by atoms with Gasteiger partial charge >= 0.3 is 0 Å². The molecule has 0 radical (unpaired) electrons. The minimum absolute atomic E-state index is 0.0695. The Balaban J connectivity index is 1.38. The molecule has 1 aliphatic heterocycles. The summed E-state index contributed by atoms with van der Waals surface area (Å²) in [6.45, 7) is 1.27. The van der Waals surface area contributed by atoms with Crippen LogP contribution in [0, 0.1) is 0 Å². The Kier molecular flexibility index (Phi) is 6.82. The molecule has 8 heteroatoms. The average Bonchev–Trinajstić information content (AvgIpc) is 3.50. The summed E-state index contributed by atoms with van der Waals surface area (Å²) in [7, 11) is -3.45. The first-order valence-electron chi connectivity index (χ1n) is 10.3. The smallest absolute Gasteiger partial charge is 0.243 e. The zero-order valence-electron chi connectivity index (χ0n) is 17.0. The molecule has 1 fully saturated rings. The van der Waals surface area contributed by atoms with E-state index in [-0.39, 0.29) is 23.4 Å². The Labute approximate surface area is 187 Å². The second-order valence-electron chi connectivity index (χ2n) is 7.42. The molecule has 0 saturated carbocycles. The third-order valence-electron chi connectivity index (χ3n) is 5.27. The van der Waals surface area contributed by atoms with Gasteiger partial charge in [-0.2, -0.15) is 4.31 Å². The number of carbonyl (C=O) groups excluding carboxylic acids is 1. The van der Waals surface area contributed by atoms with Crippen molar-refractivity contribution < 1.29 is 13.2 Å². The molecule has 0 spiro atoms. The first-order chi connectivity index (χ1) is 15.0. The fourth-order valence-electron chi connectivity index (χ4n) is 3.67. The number of thiophene rings is 1. The number of anilines is 1. The fraction of sp³-hybridized carbons (Fsp3) is 0.261. The van der Waals surface area contributed by atoms with Gasteiger partial charge in [-0.15, -0.1) is 11.3 Å². The van der Waals surface area contributed by atoms with Crippen molar-refractivity contribution in [3.63, 3.8) is 0 Å². The van der Waals surface area contributed by atoms with Gasteiger partial charge in [-0.3, -0.25) is 10.1 Å². The molecule has 1 unspecified atom stereocenters. The van der Waals surface area contributed by atoms with E-state index in [1.54, 1.807) is 35.6 Å². The highest BCUT2D eigenvalue weighted by Gasteiger charge is 2.27. The number of nitrogens with one attached hydrogen (secondary N) is 2.